The zero-order valence-corrected chi connectivity index (χ0v) is 43.8. The Morgan fingerprint density at radius 2 is 1.09 bits per heavy atom. The van der Waals surface area contributed by atoms with E-state index in [1.54, 1.807) is 43.6 Å². The highest BCUT2D eigenvalue weighted by atomic mass is 79.9. The summed E-state index contributed by atoms with van der Waals surface area (Å²) in [6.45, 7) is 3.75. The molecule has 4 heterocycles. The number of nitrogens with one attached hydrogen (secondary N) is 1. The summed E-state index contributed by atoms with van der Waals surface area (Å²) in [7, 11) is 0. The van der Waals surface area contributed by atoms with Crippen LogP contribution >= 0.6 is 43.5 Å². The second-order valence-corrected chi connectivity index (χ2v) is 19.0. The lowest BCUT2D eigenvalue weighted by atomic mass is 9.86. The third-order valence-corrected chi connectivity index (χ3v) is 13.3. The van der Waals surface area contributed by atoms with E-state index in [0.717, 1.165) is 44.6 Å². The van der Waals surface area contributed by atoms with E-state index in [9.17, 15) is 45.5 Å². The number of rotatable bonds is 17. The highest BCUT2D eigenvalue weighted by Crippen LogP contribution is 2.35. The SMILES string of the molecule is Cc1[nH]ncc1Br.Cc1nn(CC(=O)C[C@@H](Cc2cc(F)cc(F)c2)c2ncccc2-c2ccc(F)c(C(N)=O)c2)cc1Br.NC(=O)c1cc(-c2cccnc2[C@@H](CC(=O)CCl)Cc2cc(F)cc(F)c2)ccc1F. The number of H-pyrrole nitrogens is 1. The summed E-state index contributed by atoms with van der Waals surface area (Å²) in [6.07, 6.45) is 6.67. The molecule has 21 heteroatoms. The van der Waals surface area contributed by atoms with Gasteiger partial charge in [0.25, 0.3) is 11.8 Å². The van der Waals surface area contributed by atoms with Gasteiger partial charge in [0.1, 0.15) is 40.7 Å². The minimum atomic E-state index is -0.924. The van der Waals surface area contributed by atoms with E-state index in [4.69, 9.17) is 23.1 Å². The van der Waals surface area contributed by atoms with E-state index in [1.165, 1.54) is 65.6 Å². The Labute approximate surface area is 448 Å². The number of aromatic amines is 1. The highest BCUT2D eigenvalue weighted by Gasteiger charge is 2.25. The number of carbonyl (C=O) groups is 4. The summed E-state index contributed by atoms with van der Waals surface area (Å²) in [5.74, 6) is -8.12. The van der Waals surface area contributed by atoms with E-state index < -0.39 is 58.6 Å². The second kappa shape index (κ2) is 26.3. The Morgan fingerprint density at radius 1 is 0.640 bits per heavy atom. The number of nitrogens with zero attached hydrogens (tertiary/aromatic N) is 5. The first-order chi connectivity index (χ1) is 35.7. The summed E-state index contributed by atoms with van der Waals surface area (Å²) in [5.41, 5.74) is 15.4. The van der Waals surface area contributed by atoms with Crippen molar-refractivity contribution in [2.75, 3.05) is 5.88 Å². The van der Waals surface area contributed by atoms with Gasteiger partial charge in [-0.3, -0.25) is 38.9 Å². The van der Waals surface area contributed by atoms with E-state index in [0.29, 0.717) is 44.8 Å². The molecule has 4 aromatic carbocycles. The maximum Gasteiger partial charge on any atom is 0.251 e. The summed E-state index contributed by atoms with van der Waals surface area (Å²) in [5, 5.41) is 10.8. The van der Waals surface area contributed by atoms with Crippen LogP contribution < -0.4 is 11.5 Å². The molecule has 5 N–H and O–H groups in total. The van der Waals surface area contributed by atoms with Crippen LogP contribution in [-0.4, -0.2) is 59.2 Å². The van der Waals surface area contributed by atoms with Gasteiger partial charge >= 0.3 is 0 Å². The topological polar surface area (TPSA) is 193 Å². The molecule has 8 rings (SSSR count). The number of nitrogens with two attached hydrogens (primary N) is 2. The Balaban J connectivity index is 0.000000218. The van der Waals surface area contributed by atoms with Crippen LogP contribution in [0, 0.1) is 48.8 Å². The van der Waals surface area contributed by atoms with E-state index in [2.05, 4.69) is 57.1 Å². The maximum absolute atomic E-state index is 14.1. The lowest BCUT2D eigenvalue weighted by Gasteiger charge is -2.20. The van der Waals surface area contributed by atoms with Crippen molar-refractivity contribution in [1.82, 2.24) is 29.9 Å². The van der Waals surface area contributed by atoms with Crippen LogP contribution in [0.1, 0.15) is 79.3 Å². The number of aromatic nitrogens is 6. The molecule has 0 saturated carbocycles. The zero-order chi connectivity index (χ0) is 54.5. The van der Waals surface area contributed by atoms with Crippen LogP contribution in [0.4, 0.5) is 26.3 Å². The molecule has 0 fully saturated rings. The summed E-state index contributed by atoms with van der Waals surface area (Å²) in [6, 6.07) is 20.9. The van der Waals surface area contributed by atoms with Crippen molar-refractivity contribution in [2.45, 2.75) is 57.9 Å². The van der Waals surface area contributed by atoms with Crippen molar-refractivity contribution < 1.29 is 45.5 Å². The van der Waals surface area contributed by atoms with Crippen molar-refractivity contribution in [3.63, 3.8) is 0 Å². The predicted octanol–water partition coefficient (Wildman–Crippen LogP) is 11.8. The molecule has 12 nitrogen and oxygen atoms in total. The molecule has 0 bridgehead atoms. The van der Waals surface area contributed by atoms with E-state index in [-0.39, 0.29) is 60.8 Å². The van der Waals surface area contributed by atoms with Gasteiger partial charge in [0.2, 0.25) is 0 Å². The van der Waals surface area contributed by atoms with Gasteiger partial charge in [0, 0.05) is 72.2 Å². The third kappa shape index (κ3) is 15.9. The average Bonchev–Trinajstić information content (AvgIpc) is 3.89. The molecule has 2 atom stereocenters. The van der Waals surface area contributed by atoms with Crippen LogP contribution in [0.25, 0.3) is 22.3 Å². The molecule has 8 aromatic rings. The van der Waals surface area contributed by atoms with Crippen molar-refractivity contribution in [1.29, 1.82) is 0 Å². The smallest absolute Gasteiger partial charge is 0.251 e. The first kappa shape index (κ1) is 57.0. The molecule has 2 amide bonds. The molecule has 75 heavy (non-hydrogen) atoms. The van der Waals surface area contributed by atoms with Gasteiger partial charge in [-0.15, -0.1) is 11.6 Å². The van der Waals surface area contributed by atoms with Crippen LogP contribution in [0.5, 0.6) is 0 Å². The van der Waals surface area contributed by atoms with Gasteiger partial charge in [-0.25, -0.2) is 26.3 Å². The number of hydrogen-bond acceptors (Lipinski definition) is 8. The number of hydrogen-bond donors (Lipinski definition) is 3. The fourth-order valence-corrected chi connectivity index (χ4v) is 8.67. The number of halogens is 9. The van der Waals surface area contributed by atoms with Crippen molar-refractivity contribution >= 4 is 66.8 Å². The molecule has 388 valence electrons. The largest absolute Gasteiger partial charge is 0.366 e. The van der Waals surface area contributed by atoms with Crippen LogP contribution in [0.2, 0.25) is 0 Å². The van der Waals surface area contributed by atoms with Crippen LogP contribution in [-0.2, 0) is 29.0 Å². The van der Waals surface area contributed by atoms with E-state index >= 15 is 0 Å². The first-order valence-electron chi connectivity index (χ1n) is 22.6. The van der Waals surface area contributed by atoms with Gasteiger partial charge in [-0.05, 0) is 141 Å². The lowest BCUT2D eigenvalue weighted by molar-refractivity contribution is -0.120. The number of alkyl halides is 1. The second-order valence-electron chi connectivity index (χ2n) is 17.1. The number of amides is 2. The molecule has 0 radical (unpaired) electrons. The molecule has 0 saturated heterocycles. The Bertz CT molecular complexity index is 3300. The lowest BCUT2D eigenvalue weighted by Crippen LogP contribution is -2.17. The summed E-state index contributed by atoms with van der Waals surface area (Å²) < 4.78 is 86.7. The molecule has 0 spiro atoms. The van der Waals surface area contributed by atoms with Crippen LogP contribution in [0.15, 0.2) is 131 Å². The summed E-state index contributed by atoms with van der Waals surface area (Å²) >= 11 is 12.3. The predicted molar refractivity (Wildman–Crippen MR) is 278 cm³/mol. The number of carbonyl (C=O) groups excluding carboxylic acids is 4. The van der Waals surface area contributed by atoms with Crippen LogP contribution in [0.3, 0.4) is 0 Å². The maximum atomic E-state index is 14.1. The minimum Gasteiger partial charge on any atom is -0.366 e. The quantitative estimate of drug-likeness (QED) is 0.0592. The van der Waals surface area contributed by atoms with Crippen molar-refractivity contribution in [3.8, 4) is 22.3 Å². The van der Waals surface area contributed by atoms with Crippen molar-refractivity contribution in [3.05, 3.63) is 211 Å². The fraction of sp³-hybridized carbons (Fsp3) is 0.185. The standard InChI is InChI=1S/C27H22BrF3N4O2.C23H18ClF3N2O2.C4H5BrN2/c1-15-24(28)14-35(34-15)13-21(36)10-18(7-16-8-19(29)12-20(30)9-16)26-22(3-2-6-33-26)17-4-5-25(31)23(11-17)27(32)37;24-12-18(30)9-15(6-13-7-16(25)11-17(26)8-13)22-19(2-1-5-29-22)14-3-4-21(27)20(10-14)23(28)31;1-3-4(5)2-6-7-3/h2-6,8-9,11-12,14,18H,7,10,13H2,1H3,(H2,32,37);1-5,7-8,10-11,15H,6,9,12H2,(H2,28,31);2H,1H3,(H,6,7)/t18-;15-;/m11./s1. The van der Waals surface area contributed by atoms with Gasteiger partial charge in [0.05, 0.1) is 55.8 Å². The number of pyridine rings is 2. The minimum absolute atomic E-state index is 0.00894. The van der Waals surface area contributed by atoms with Gasteiger partial charge in [-0.1, -0.05) is 24.3 Å². The monoisotopic (exact) mass is 1180 g/mol. The number of benzene rings is 4. The molecule has 0 aliphatic heterocycles. The number of aryl methyl sites for hydroxylation is 2. The number of primary amides is 2. The van der Waals surface area contributed by atoms with Gasteiger partial charge < -0.3 is 11.5 Å². The summed E-state index contributed by atoms with van der Waals surface area (Å²) in [4.78, 5) is 57.4. The number of Topliss-reactive ketones (excluding diaryl/α,β-unsaturated/α-hetero) is 2. The Hall–Kier alpha value is -7.29. The molecular formula is C54H45Br2ClF6N8O4. The van der Waals surface area contributed by atoms with E-state index in [1.807, 2.05) is 6.92 Å². The Kier molecular flexibility index (Phi) is 20.0. The molecular weight excluding hydrogens is 1130 g/mol. The normalized spacial score (nSPS) is 11.7. The first-order valence-corrected chi connectivity index (χ1v) is 24.7. The van der Waals surface area contributed by atoms with Gasteiger partial charge in [-0.2, -0.15) is 10.2 Å². The van der Waals surface area contributed by atoms with Gasteiger partial charge in [0.15, 0.2) is 5.78 Å². The molecule has 0 aliphatic carbocycles. The fourth-order valence-electron chi connectivity index (χ4n) is 8.05. The highest BCUT2D eigenvalue weighted by molar-refractivity contribution is 9.10. The zero-order valence-electron chi connectivity index (χ0n) is 39.9. The molecule has 0 aliphatic rings. The third-order valence-electron chi connectivity index (χ3n) is 11.4. The number of ketones is 2. The average molecular weight is 1180 g/mol. The molecule has 4 aromatic heterocycles. The molecule has 0 unspecified atom stereocenters. The Morgan fingerprint density at radius 3 is 1.45 bits per heavy atom. The van der Waals surface area contributed by atoms with Crippen molar-refractivity contribution in [2.24, 2.45) is 11.5 Å².